The molecule has 5 nitrogen and oxygen atoms in total. The zero-order chi connectivity index (χ0) is 15.0. The van der Waals surface area contributed by atoms with Gasteiger partial charge in [0.25, 0.3) is 0 Å². The molecule has 2 aromatic rings. The molecule has 1 aliphatic heterocycles. The average molecular weight is 326 g/mol. The Balaban J connectivity index is 2.18. The number of hydrogen-bond acceptors (Lipinski definition) is 5. The van der Waals surface area contributed by atoms with Crippen molar-refractivity contribution >= 4 is 31.4 Å². The van der Waals surface area contributed by atoms with E-state index < -0.39 is 10.0 Å². The van der Waals surface area contributed by atoms with Crippen LogP contribution in [0.3, 0.4) is 0 Å². The van der Waals surface area contributed by atoms with Crippen LogP contribution in [0.4, 0.5) is 0 Å². The summed E-state index contributed by atoms with van der Waals surface area (Å²) in [6.45, 7) is 3.35. The van der Waals surface area contributed by atoms with Gasteiger partial charge in [0.1, 0.15) is 4.90 Å². The Morgan fingerprint density at radius 2 is 2.19 bits per heavy atom. The molecule has 1 saturated heterocycles. The number of rotatable bonds is 3. The zero-order valence-electron chi connectivity index (χ0n) is 11.8. The molecule has 0 amide bonds. The molecule has 7 heteroatoms. The lowest BCUT2D eigenvalue weighted by Crippen LogP contribution is -2.47. The van der Waals surface area contributed by atoms with Crippen molar-refractivity contribution in [3.63, 3.8) is 0 Å². The molecule has 1 atom stereocenters. The first-order valence-electron chi connectivity index (χ1n) is 6.85. The zero-order valence-corrected chi connectivity index (χ0v) is 13.4. The van der Waals surface area contributed by atoms with Gasteiger partial charge in [-0.1, -0.05) is 18.2 Å². The summed E-state index contributed by atoms with van der Waals surface area (Å²) in [6.07, 6.45) is 0. The second-order valence-corrected chi connectivity index (χ2v) is 8.06. The van der Waals surface area contributed by atoms with Crippen LogP contribution in [-0.4, -0.2) is 38.5 Å². The lowest BCUT2D eigenvalue weighted by atomic mass is 10.2. The van der Waals surface area contributed by atoms with Gasteiger partial charge in [0.05, 0.1) is 13.2 Å². The molecule has 2 N–H and O–H groups in total. The summed E-state index contributed by atoms with van der Waals surface area (Å²) in [5, 5.41) is 0.765. The summed E-state index contributed by atoms with van der Waals surface area (Å²) in [7, 11) is -3.55. The van der Waals surface area contributed by atoms with Gasteiger partial charge in [0.15, 0.2) is 0 Å². The Morgan fingerprint density at radius 3 is 2.90 bits per heavy atom. The fraction of sp³-hybridized carbons (Fsp3) is 0.429. The average Bonchev–Trinajstić information content (AvgIpc) is 2.86. The minimum Gasteiger partial charge on any atom is -0.378 e. The van der Waals surface area contributed by atoms with Crippen LogP contribution >= 0.6 is 11.3 Å². The molecular weight excluding hydrogens is 308 g/mol. The Hall–Kier alpha value is -0.990. The molecule has 0 radical (unpaired) electrons. The van der Waals surface area contributed by atoms with E-state index in [9.17, 15) is 8.42 Å². The Kier molecular flexibility index (Phi) is 4.02. The van der Waals surface area contributed by atoms with Gasteiger partial charge in [0, 0.05) is 34.1 Å². The fourth-order valence-electron chi connectivity index (χ4n) is 2.68. The normalized spacial score (nSPS) is 21.0. The number of sulfonamides is 1. The minimum atomic E-state index is -3.55. The molecule has 2 heterocycles. The van der Waals surface area contributed by atoms with Crippen molar-refractivity contribution < 1.29 is 13.2 Å². The maximum Gasteiger partial charge on any atom is 0.245 e. The highest BCUT2D eigenvalue weighted by molar-refractivity contribution is 7.89. The van der Waals surface area contributed by atoms with Crippen LogP contribution in [0.25, 0.3) is 10.1 Å². The van der Waals surface area contributed by atoms with Crippen LogP contribution in [0.1, 0.15) is 11.8 Å². The van der Waals surface area contributed by atoms with E-state index in [0.717, 1.165) is 15.0 Å². The molecular formula is C14H18N2O3S2. The topological polar surface area (TPSA) is 72.6 Å². The van der Waals surface area contributed by atoms with E-state index in [0.29, 0.717) is 24.7 Å². The number of hydrogen-bond donors (Lipinski definition) is 1. The van der Waals surface area contributed by atoms with E-state index in [4.69, 9.17) is 10.5 Å². The first kappa shape index (κ1) is 14.9. The van der Waals surface area contributed by atoms with Crippen LogP contribution in [0.2, 0.25) is 0 Å². The van der Waals surface area contributed by atoms with E-state index in [1.165, 1.54) is 15.6 Å². The van der Waals surface area contributed by atoms with Crippen molar-refractivity contribution in [1.82, 2.24) is 4.31 Å². The van der Waals surface area contributed by atoms with Gasteiger partial charge in [-0.3, -0.25) is 0 Å². The summed E-state index contributed by atoms with van der Waals surface area (Å²) < 4.78 is 34.0. The number of nitrogens with two attached hydrogens (primary N) is 1. The van der Waals surface area contributed by atoms with Crippen molar-refractivity contribution in [2.45, 2.75) is 24.4 Å². The molecule has 0 bridgehead atoms. The quantitative estimate of drug-likeness (QED) is 0.933. The molecule has 0 saturated carbocycles. The van der Waals surface area contributed by atoms with Crippen molar-refractivity contribution in [3.05, 3.63) is 29.1 Å². The molecule has 0 spiro atoms. The highest BCUT2D eigenvalue weighted by Gasteiger charge is 2.35. The van der Waals surface area contributed by atoms with Crippen molar-refractivity contribution in [3.8, 4) is 0 Å². The monoisotopic (exact) mass is 326 g/mol. The first-order chi connectivity index (χ1) is 10.1. The number of benzene rings is 1. The van der Waals surface area contributed by atoms with Gasteiger partial charge in [-0.2, -0.15) is 4.31 Å². The largest absolute Gasteiger partial charge is 0.378 e. The Labute approximate surface area is 128 Å². The number of fused-ring (bicyclic) bond motifs is 1. The van der Waals surface area contributed by atoms with Gasteiger partial charge >= 0.3 is 0 Å². The Bertz CT molecular complexity index is 755. The van der Waals surface area contributed by atoms with Gasteiger partial charge in [-0.15, -0.1) is 11.3 Å². The van der Waals surface area contributed by atoms with Crippen LogP contribution in [0.15, 0.2) is 29.2 Å². The van der Waals surface area contributed by atoms with Crippen LogP contribution in [-0.2, 0) is 21.3 Å². The van der Waals surface area contributed by atoms with Gasteiger partial charge < -0.3 is 10.5 Å². The SMILES string of the molecule is CC1COCCN1S(=O)(=O)c1c(CN)sc2ccccc12. The highest BCUT2D eigenvalue weighted by atomic mass is 32.2. The summed E-state index contributed by atoms with van der Waals surface area (Å²) >= 11 is 1.45. The molecule has 3 rings (SSSR count). The fourth-order valence-corrected chi connectivity index (χ4v) is 6.07. The molecule has 1 aromatic carbocycles. The first-order valence-corrected chi connectivity index (χ1v) is 9.11. The minimum absolute atomic E-state index is 0.159. The third-order valence-corrected chi connectivity index (χ3v) is 7.14. The lowest BCUT2D eigenvalue weighted by Gasteiger charge is -2.32. The van der Waals surface area contributed by atoms with Gasteiger partial charge in [-0.05, 0) is 13.0 Å². The summed E-state index contributed by atoms with van der Waals surface area (Å²) in [4.78, 5) is 1.09. The predicted molar refractivity (Wildman–Crippen MR) is 83.9 cm³/mol. The summed E-state index contributed by atoms with van der Waals surface area (Å²) in [5.41, 5.74) is 5.78. The van der Waals surface area contributed by atoms with Crippen LogP contribution in [0.5, 0.6) is 0 Å². The van der Waals surface area contributed by atoms with Crippen molar-refractivity contribution in [2.75, 3.05) is 19.8 Å². The van der Waals surface area contributed by atoms with Crippen molar-refractivity contribution in [1.29, 1.82) is 0 Å². The molecule has 0 aliphatic carbocycles. The van der Waals surface area contributed by atoms with Crippen LogP contribution in [0, 0.1) is 0 Å². The molecule has 114 valence electrons. The molecule has 1 fully saturated rings. The lowest BCUT2D eigenvalue weighted by molar-refractivity contribution is 0.0393. The van der Waals surface area contributed by atoms with Crippen LogP contribution < -0.4 is 5.73 Å². The third kappa shape index (κ3) is 2.49. The molecule has 1 aliphatic rings. The number of morpholine rings is 1. The maximum atomic E-state index is 13.1. The standard InChI is InChI=1S/C14H18N2O3S2/c1-10-9-19-7-6-16(10)21(17,18)14-11-4-2-3-5-12(11)20-13(14)8-15/h2-5,10H,6-9,15H2,1H3. The van der Waals surface area contributed by atoms with E-state index in [-0.39, 0.29) is 12.6 Å². The number of thiophene rings is 1. The van der Waals surface area contributed by atoms with E-state index in [1.807, 2.05) is 31.2 Å². The van der Waals surface area contributed by atoms with E-state index in [1.54, 1.807) is 0 Å². The maximum absolute atomic E-state index is 13.1. The van der Waals surface area contributed by atoms with E-state index in [2.05, 4.69) is 0 Å². The molecule has 1 unspecified atom stereocenters. The smallest absolute Gasteiger partial charge is 0.245 e. The Morgan fingerprint density at radius 1 is 1.43 bits per heavy atom. The second-order valence-electron chi connectivity index (χ2n) is 5.09. The van der Waals surface area contributed by atoms with Gasteiger partial charge in [0.2, 0.25) is 10.0 Å². The van der Waals surface area contributed by atoms with Crippen molar-refractivity contribution in [2.24, 2.45) is 5.73 Å². The number of nitrogens with zero attached hydrogens (tertiary/aromatic N) is 1. The molecule has 1 aromatic heterocycles. The summed E-state index contributed by atoms with van der Waals surface area (Å²) in [5.74, 6) is 0. The van der Waals surface area contributed by atoms with E-state index >= 15 is 0 Å². The number of ether oxygens (including phenoxy) is 1. The van der Waals surface area contributed by atoms with Gasteiger partial charge in [-0.25, -0.2) is 8.42 Å². The third-order valence-electron chi connectivity index (χ3n) is 3.68. The second kappa shape index (κ2) is 5.66. The summed E-state index contributed by atoms with van der Waals surface area (Å²) in [6, 6.07) is 7.39. The predicted octanol–water partition coefficient (Wildman–Crippen LogP) is 1.77. The molecule has 21 heavy (non-hydrogen) atoms. The highest BCUT2D eigenvalue weighted by Crippen LogP contribution is 2.36.